The van der Waals surface area contributed by atoms with Crippen molar-refractivity contribution < 1.29 is 13.5 Å². The summed E-state index contributed by atoms with van der Waals surface area (Å²) in [6.07, 6.45) is 0.310. The topological polar surface area (TPSA) is 24.5 Å². The smallest absolute Gasteiger partial charge is 0.169 e. The van der Waals surface area contributed by atoms with Crippen LogP contribution in [0.5, 0.6) is 5.75 Å². The van der Waals surface area contributed by atoms with Gasteiger partial charge in [0, 0.05) is 37.8 Å². The first-order valence-electron chi connectivity index (χ1n) is 6.61. The molecule has 1 aliphatic heterocycles. The number of nitrogens with one attached hydrogen (secondary N) is 1. The van der Waals surface area contributed by atoms with Crippen LogP contribution in [0.15, 0.2) is 18.2 Å². The van der Waals surface area contributed by atoms with Crippen LogP contribution in [0.1, 0.15) is 18.0 Å². The minimum atomic E-state index is -0.453. The maximum absolute atomic E-state index is 14.3. The van der Waals surface area contributed by atoms with Crippen molar-refractivity contribution in [2.75, 3.05) is 40.0 Å². The van der Waals surface area contributed by atoms with Crippen LogP contribution in [-0.2, 0) is 0 Å². The summed E-state index contributed by atoms with van der Waals surface area (Å²) in [5, 5.41) is 3.25. The fraction of sp³-hybridized carbons (Fsp3) is 0.571. The van der Waals surface area contributed by atoms with Gasteiger partial charge in [0.15, 0.2) is 11.6 Å². The van der Waals surface area contributed by atoms with E-state index in [0.717, 1.165) is 26.2 Å². The van der Waals surface area contributed by atoms with Crippen LogP contribution >= 0.6 is 12.4 Å². The molecule has 1 saturated heterocycles. The number of halogens is 3. The highest BCUT2D eigenvalue weighted by atomic mass is 35.5. The molecule has 20 heavy (non-hydrogen) atoms. The Labute approximate surface area is 124 Å². The molecule has 1 N–H and O–H groups in total. The van der Waals surface area contributed by atoms with E-state index in [-0.39, 0.29) is 30.0 Å². The van der Waals surface area contributed by atoms with Crippen molar-refractivity contribution in [1.29, 1.82) is 0 Å². The second-order valence-corrected chi connectivity index (χ2v) is 4.64. The van der Waals surface area contributed by atoms with Crippen molar-refractivity contribution in [3.63, 3.8) is 0 Å². The number of hydrogen-bond donors (Lipinski definition) is 1. The molecule has 114 valence electrons. The highest BCUT2D eigenvalue weighted by Gasteiger charge is 2.25. The average molecular weight is 307 g/mol. The van der Waals surface area contributed by atoms with E-state index in [1.165, 1.54) is 7.11 Å². The lowest BCUT2D eigenvalue weighted by Crippen LogP contribution is -2.45. The molecule has 0 spiro atoms. The van der Waals surface area contributed by atoms with Gasteiger partial charge in [0.05, 0.1) is 13.8 Å². The number of piperazine rings is 1. The molecule has 0 radical (unpaired) electrons. The van der Waals surface area contributed by atoms with E-state index in [9.17, 15) is 8.78 Å². The van der Waals surface area contributed by atoms with E-state index in [1.807, 2.05) is 0 Å². The number of rotatable bonds is 5. The van der Waals surface area contributed by atoms with Gasteiger partial charge in [-0.2, -0.15) is 0 Å². The normalized spacial score (nSPS) is 17.4. The third-order valence-electron chi connectivity index (χ3n) is 3.55. The maximum atomic E-state index is 14.3. The molecule has 1 atom stereocenters. The molecule has 1 aliphatic rings. The van der Waals surface area contributed by atoms with E-state index in [0.29, 0.717) is 12.0 Å². The molecule has 1 aromatic rings. The molecular formula is C14H21ClF2N2O. The minimum Gasteiger partial charge on any atom is -0.494 e. The van der Waals surface area contributed by atoms with Gasteiger partial charge < -0.3 is 10.1 Å². The Kier molecular flexibility index (Phi) is 7.19. The molecule has 3 nitrogen and oxygen atoms in total. The van der Waals surface area contributed by atoms with Crippen molar-refractivity contribution in [2.45, 2.75) is 12.5 Å². The zero-order chi connectivity index (χ0) is 13.7. The van der Waals surface area contributed by atoms with Crippen LogP contribution in [-0.4, -0.2) is 44.9 Å². The number of benzene rings is 1. The van der Waals surface area contributed by atoms with E-state index < -0.39 is 6.67 Å². The second kappa shape index (κ2) is 8.39. The Hall–Kier alpha value is -0.910. The fourth-order valence-electron chi connectivity index (χ4n) is 2.57. The highest BCUT2D eigenvalue weighted by Crippen LogP contribution is 2.31. The number of hydrogen-bond acceptors (Lipinski definition) is 3. The second-order valence-electron chi connectivity index (χ2n) is 4.64. The van der Waals surface area contributed by atoms with Crippen LogP contribution in [0.25, 0.3) is 0 Å². The van der Waals surface area contributed by atoms with E-state index in [4.69, 9.17) is 4.74 Å². The molecule has 0 amide bonds. The number of nitrogens with zero attached hydrogens (tertiary/aromatic N) is 1. The number of alkyl halides is 1. The third-order valence-corrected chi connectivity index (χ3v) is 3.55. The summed E-state index contributed by atoms with van der Waals surface area (Å²) in [6.45, 7) is 2.87. The highest BCUT2D eigenvalue weighted by molar-refractivity contribution is 5.85. The standard InChI is InChI=1S/C14H20F2N2O.ClH/c1-19-13-4-2-3-11(14(13)16)12(5-6-15)18-9-7-17-8-10-18;/h2-4,12,17H,5-10H2,1H3;1H/t12-;/m0./s1. The predicted octanol–water partition coefficient (Wildman–Crippen LogP) is 2.56. The lowest BCUT2D eigenvalue weighted by molar-refractivity contribution is 0.154. The summed E-state index contributed by atoms with van der Waals surface area (Å²) < 4.78 is 32.1. The Morgan fingerprint density at radius 3 is 2.65 bits per heavy atom. The van der Waals surface area contributed by atoms with Crippen LogP contribution in [0, 0.1) is 5.82 Å². The molecular weight excluding hydrogens is 286 g/mol. The molecule has 0 aliphatic carbocycles. The van der Waals surface area contributed by atoms with E-state index >= 15 is 0 Å². The van der Waals surface area contributed by atoms with E-state index in [1.54, 1.807) is 18.2 Å². The maximum Gasteiger partial charge on any atom is 0.169 e. The Morgan fingerprint density at radius 1 is 1.35 bits per heavy atom. The first-order chi connectivity index (χ1) is 9.27. The summed E-state index contributed by atoms with van der Waals surface area (Å²) in [5.74, 6) is -0.154. The van der Waals surface area contributed by atoms with Gasteiger partial charge in [-0.3, -0.25) is 9.29 Å². The molecule has 0 bridgehead atoms. The molecule has 6 heteroatoms. The van der Waals surface area contributed by atoms with Crippen LogP contribution in [0.2, 0.25) is 0 Å². The zero-order valence-electron chi connectivity index (χ0n) is 11.6. The first kappa shape index (κ1) is 17.1. The van der Waals surface area contributed by atoms with Gasteiger partial charge in [0.25, 0.3) is 0 Å². The SMILES string of the molecule is COc1cccc([C@H](CCF)N2CCNCC2)c1F.Cl. The summed E-state index contributed by atoms with van der Waals surface area (Å²) in [6, 6.07) is 4.84. The zero-order valence-corrected chi connectivity index (χ0v) is 12.4. The largest absolute Gasteiger partial charge is 0.494 e. The Bertz CT molecular complexity index is 414. The molecule has 1 aromatic carbocycles. The van der Waals surface area contributed by atoms with Crippen LogP contribution in [0.3, 0.4) is 0 Å². The van der Waals surface area contributed by atoms with Gasteiger partial charge in [-0.15, -0.1) is 12.4 Å². The number of methoxy groups -OCH3 is 1. The van der Waals surface area contributed by atoms with Gasteiger partial charge in [-0.25, -0.2) is 4.39 Å². The molecule has 0 saturated carbocycles. The molecule has 1 fully saturated rings. The van der Waals surface area contributed by atoms with Gasteiger partial charge in [-0.05, 0) is 12.5 Å². The van der Waals surface area contributed by atoms with Gasteiger partial charge in [-0.1, -0.05) is 12.1 Å². The van der Waals surface area contributed by atoms with Crippen LogP contribution in [0.4, 0.5) is 8.78 Å². The predicted molar refractivity (Wildman–Crippen MR) is 78.0 cm³/mol. The minimum absolute atomic E-state index is 0. The molecule has 0 unspecified atom stereocenters. The van der Waals surface area contributed by atoms with Crippen LogP contribution < -0.4 is 10.1 Å². The average Bonchev–Trinajstić information content (AvgIpc) is 2.46. The van der Waals surface area contributed by atoms with Crippen molar-refractivity contribution in [3.05, 3.63) is 29.6 Å². The van der Waals surface area contributed by atoms with E-state index in [2.05, 4.69) is 10.2 Å². The molecule has 1 heterocycles. The lowest BCUT2D eigenvalue weighted by atomic mass is 10.0. The third kappa shape index (κ3) is 3.81. The van der Waals surface area contributed by atoms with Crippen molar-refractivity contribution >= 4 is 12.4 Å². The van der Waals surface area contributed by atoms with Gasteiger partial charge >= 0.3 is 0 Å². The van der Waals surface area contributed by atoms with Crippen molar-refractivity contribution in [3.8, 4) is 5.75 Å². The Morgan fingerprint density at radius 2 is 2.05 bits per heavy atom. The van der Waals surface area contributed by atoms with Gasteiger partial charge in [0.1, 0.15) is 0 Å². The summed E-state index contributed by atoms with van der Waals surface area (Å²) in [5.41, 5.74) is 0.527. The summed E-state index contributed by atoms with van der Waals surface area (Å²) >= 11 is 0. The molecule has 2 rings (SSSR count). The van der Waals surface area contributed by atoms with Crippen molar-refractivity contribution in [2.24, 2.45) is 0 Å². The van der Waals surface area contributed by atoms with Gasteiger partial charge in [0.2, 0.25) is 0 Å². The Balaban J connectivity index is 0.00000200. The summed E-state index contributed by atoms with van der Waals surface area (Å²) in [4.78, 5) is 2.13. The summed E-state index contributed by atoms with van der Waals surface area (Å²) in [7, 11) is 1.44. The fourth-order valence-corrected chi connectivity index (χ4v) is 2.57. The number of ether oxygens (including phenoxy) is 1. The molecule has 0 aromatic heterocycles. The van der Waals surface area contributed by atoms with Crippen molar-refractivity contribution in [1.82, 2.24) is 10.2 Å². The quantitative estimate of drug-likeness (QED) is 0.905. The lowest BCUT2D eigenvalue weighted by Gasteiger charge is -2.35. The monoisotopic (exact) mass is 306 g/mol. The first-order valence-corrected chi connectivity index (χ1v) is 6.61.